The van der Waals surface area contributed by atoms with Crippen molar-refractivity contribution in [2.75, 3.05) is 13.1 Å². The van der Waals surface area contributed by atoms with E-state index in [2.05, 4.69) is 5.32 Å². The second-order valence-electron chi connectivity index (χ2n) is 1.16. The quantitative estimate of drug-likeness (QED) is 0.463. The van der Waals surface area contributed by atoms with Crippen molar-refractivity contribution in [3.63, 3.8) is 0 Å². The first-order valence-electron chi connectivity index (χ1n) is 4.58. The molecule has 0 bridgehead atoms. The molecule has 0 aromatic heterocycles. The molecule has 1 aliphatic heterocycles. The highest BCUT2D eigenvalue weighted by atomic mass is 14.9. The van der Waals surface area contributed by atoms with E-state index in [1.807, 2.05) is 0 Å². The lowest BCUT2D eigenvalue weighted by molar-refractivity contribution is 0.520. The van der Waals surface area contributed by atoms with Gasteiger partial charge < -0.3 is 5.32 Å². The lowest BCUT2D eigenvalue weighted by Crippen LogP contribution is -2.21. The highest BCUT2D eigenvalue weighted by Gasteiger charge is 1.93. The van der Waals surface area contributed by atoms with Crippen molar-refractivity contribution in [2.45, 2.75) is 19.1 Å². The Morgan fingerprint density at radius 2 is 2.33 bits per heavy atom. The van der Waals surface area contributed by atoms with Crippen LogP contribution in [0, 0.1) is 0 Å². The van der Waals surface area contributed by atoms with Crippen LogP contribution in [0.25, 0.3) is 0 Å². The van der Waals surface area contributed by atoms with Gasteiger partial charge in [-0.25, -0.2) is 0 Å². The number of hydrogen-bond donors (Lipinski definition) is 1. The molecule has 1 atom stereocenters. The van der Waals surface area contributed by atoms with E-state index in [1.165, 1.54) is 0 Å². The fourth-order valence-corrected chi connectivity index (χ4v) is 0.381. The molecule has 0 aromatic carbocycles. The van der Waals surface area contributed by atoms with Crippen LogP contribution in [0.3, 0.4) is 0 Å². The standard InChI is InChI=1S/C5H11N/c1-2-4-6-5-3-1/h6H,1-5H2/i1D2,2D,3D2. The van der Waals surface area contributed by atoms with Gasteiger partial charge >= 0.3 is 0 Å². The number of piperidine rings is 1. The molecular weight excluding hydrogens is 74.1 g/mol. The van der Waals surface area contributed by atoms with E-state index in [-0.39, 0.29) is 13.1 Å². The van der Waals surface area contributed by atoms with Crippen molar-refractivity contribution in [3.05, 3.63) is 0 Å². The zero-order chi connectivity index (χ0) is 8.70. The van der Waals surface area contributed by atoms with Crippen molar-refractivity contribution < 1.29 is 6.85 Å². The molecule has 1 unspecified atom stereocenters. The van der Waals surface area contributed by atoms with Gasteiger partial charge in [0.25, 0.3) is 0 Å². The van der Waals surface area contributed by atoms with E-state index >= 15 is 0 Å². The summed E-state index contributed by atoms with van der Waals surface area (Å²) in [6.45, 7) is 0.224. The maximum absolute atomic E-state index is 7.30. The van der Waals surface area contributed by atoms with Crippen molar-refractivity contribution in [2.24, 2.45) is 0 Å². The smallest absolute Gasteiger partial charge is 0.0280 e. The van der Waals surface area contributed by atoms with Crippen LogP contribution in [0.15, 0.2) is 0 Å². The zero-order valence-corrected chi connectivity index (χ0v) is 3.49. The average Bonchev–Trinajstić information content (AvgIpc) is 1.84. The van der Waals surface area contributed by atoms with Gasteiger partial charge in [-0.1, -0.05) is 6.37 Å². The Balaban J connectivity index is 2.82. The maximum Gasteiger partial charge on any atom is 0.0280 e. The second kappa shape index (κ2) is 2.19. The molecule has 1 heterocycles. The summed E-state index contributed by atoms with van der Waals surface area (Å²) in [6.07, 6.45) is -4.96. The van der Waals surface area contributed by atoms with Gasteiger partial charge in [0.05, 0.1) is 0 Å². The fourth-order valence-electron chi connectivity index (χ4n) is 0.381. The SMILES string of the molecule is [2H]C1CNCC([2H])([2H])C1([2H])[2H]. The first-order valence-corrected chi connectivity index (χ1v) is 2.01. The molecule has 0 radical (unpaired) electrons. The van der Waals surface area contributed by atoms with Crippen LogP contribution in [0.4, 0.5) is 0 Å². The number of hydrogen-bond acceptors (Lipinski definition) is 1. The fraction of sp³-hybridized carbons (Fsp3) is 1.00. The van der Waals surface area contributed by atoms with Gasteiger partial charge in [-0.15, -0.1) is 0 Å². The average molecular weight is 90.2 g/mol. The van der Waals surface area contributed by atoms with Crippen LogP contribution in [-0.2, 0) is 0 Å². The molecule has 0 amide bonds. The van der Waals surface area contributed by atoms with Crippen LogP contribution < -0.4 is 5.32 Å². The van der Waals surface area contributed by atoms with Crippen molar-refractivity contribution in [1.29, 1.82) is 0 Å². The van der Waals surface area contributed by atoms with E-state index in [9.17, 15) is 0 Å². The van der Waals surface area contributed by atoms with Gasteiger partial charge in [0, 0.05) is 6.85 Å². The maximum atomic E-state index is 7.30. The summed E-state index contributed by atoms with van der Waals surface area (Å²) in [6, 6.07) is 0. The third-order valence-electron chi connectivity index (χ3n) is 0.664. The van der Waals surface area contributed by atoms with E-state index in [0.29, 0.717) is 0 Å². The minimum Gasteiger partial charge on any atom is -0.317 e. The highest BCUT2D eigenvalue weighted by Crippen LogP contribution is 1.96. The first kappa shape index (κ1) is 1.22. The van der Waals surface area contributed by atoms with Crippen LogP contribution in [0.1, 0.15) is 26.0 Å². The molecule has 36 valence electrons. The molecule has 0 spiro atoms. The summed E-state index contributed by atoms with van der Waals surface area (Å²) >= 11 is 0. The minimum absolute atomic E-state index is 0.00458. The molecule has 0 aliphatic carbocycles. The van der Waals surface area contributed by atoms with Gasteiger partial charge in [-0.2, -0.15) is 0 Å². The molecule has 0 saturated carbocycles. The van der Waals surface area contributed by atoms with Gasteiger partial charge in [0.15, 0.2) is 0 Å². The zero-order valence-electron chi connectivity index (χ0n) is 8.49. The van der Waals surface area contributed by atoms with Gasteiger partial charge in [-0.3, -0.25) is 0 Å². The lowest BCUT2D eigenvalue weighted by atomic mass is 10.2. The predicted octanol–water partition coefficient (Wildman–Crippen LogP) is 0.760. The Hall–Kier alpha value is -0.0400. The topological polar surface area (TPSA) is 12.0 Å². The van der Waals surface area contributed by atoms with Crippen LogP contribution in [0.2, 0.25) is 0 Å². The van der Waals surface area contributed by atoms with Gasteiger partial charge in [0.2, 0.25) is 0 Å². The lowest BCUT2D eigenvalue weighted by Gasteiger charge is -2.08. The Morgan fingerprint density at radius 3 is 3.00 bits per heavy atom. The second-order valence-corrected chi connectivity index (χ2v) is 1.16. The summed E-state index contributed by atoms with van der Waals surface area (Å²) in [4.78, 5) is 0. The van der Waals surface area contributed by atoms with Crippen LogP contribution in [0.5, 0.6) is 0 Å². The van der Waals surface area contributed by atoms with Crippen molar-refractivity contribution in [3.8, 4) is 0 Å². The van der Waals surface area contributed by atoms with Crippen molar-refractivity contribution in [1.82, 2.24) is 5.32 Å². The molecule has 0 aromatic rings. The summed E-state index contributed by atoms with van der Waals surface area (Å²) in [5.41, 5.74) is 0. The third kappa shape index (κ3) is 0.977. The molecule has 1 nitrogen and oxygen atoms in total. The largest absolute Gasteiger partial charge is 0.317 e. The van der Waals surface area contributed by atoms with E-state index < -0.39 is 19.1 Å². The monoisotopic (exact) mass is 90.1 g/mol. The number of rotatable bonds is 0. The third-order valence-corrected chi connectivity index (χ3v) is 0.664. The van der Waals surface area contributed by atoms with Gasteiger partial charge in [0.1, 0.15) is 0 Å². The van der Waals surface area contributed by atoms with Crippen LogP contribution >= 0.6 is 0 Å². The van der Waals surface area contributed by atoms with Crippen molar-refractivity contribution >= 4 is 0 Å². The molecule has 1 N–H and O–H groups in total. The van der Waals surface area contributed by atoms with E-state index in [0.717, 1.165) is 0 Å². The molecule has 1 heteroatoms. The predicted molar refractivity (Wildman–Crippen MR) is 26.7 cm³/mol. The Labute approximate surface area is 45.8 Å². The van der Waals surface area contributed by atoms with Gasteiger partial charge in [-0.05, 0) is 25.9 Å². The molecule has 1 aliphatic rings. The summed E-state index contributed by atoms with van der Waals surface area (Å²) in [5.74, 6) is 0. The Morgan fingerprint density at radius 1 is 1.33 bits per heavy atom. The summed E-state index contributed by atoms with van der Waals surface area (Å²) in [5, 5.41) is 2.68. The Kier molecular flexibility index (Phi) is 0.445. The first-order chi connectivity index (χ1) is 4.88. The highest BCUT2D eigenvalue weighted by molar-refractivity contribution is 4.55. The normalized spacial score (nSPS) is 65.3. The summed E-state index contributed by atoms with van der Waals surface area (Å²) in [7, 11) is 0. The molecular formula is C5H11N. The van der Waals surface area contributed by atoms with E-state index in [4.69, 9.17) is 6.85 Å². The number of nitrogens with one attached hydrogen (secondary N) is 1. The molecule has 1 rings (SSSR count). The van der Waals surface area contributed by atoms with Crippen LogP contribution in [-0.4, -0.2) is 13.1 Å². The van der Waals surface area contributed by atoms with E-state index in [1.54, 1.807) is 0 Å². The summed E-state index contributed by atoms with van der Waals surface area (Å²) < 4.78 is 36.4. The molecule has 1 saturated heterocycles. The minimum atomic E-state index is -2.03. The molecule has 1 fully saturated rings. The Bertz CT molecular complexity index is 157. The molecule has 6 heavy (non-hydrogen) atoms.